The maximum atomic E-state index is 4.79. The number of likely N-dealkylation sites (tertiary alicyclic amines) is 1. The lowest BCUT2D eigenvalue weighted by molar-refractivity contribution is 0.208. The maximum Gasteiger partial charge on any atom is 0.193 e. The van der Waals surface area contributed by atoms with E-state index in [4.69, 9.17) is 4.99 Å². The molecule has 1 heterocycles. The van der Waals surface area contributed by atoms with Gasteiger partial charge in [-0.1, -0.05) is 20.8 Å². The second kappa shape index (κ2) is 7.93. The summed E-state index contributed by atoms with van der Waals surface area (Å²) in [6, 6.07) is 0. The Morgan fingerprint density at radius 1 is 1.39 bits per heavy atom. The highest BCUT2D eigenvalue weighted by Crippen LogP contribution is 2.21. The normalized spacial score (nSPS) is 27.2. The van der Waals surface area contributed by atoms with Gasteiger partial charge in [-0.3, -0.25) is 4.99 Å². The molecule has 18 heavy (non-hydrogen) atoms. The molecule has 0 spiro atoms. The van der Waals surface area contributed by atoms with Crippen LogP contribution in [0.3, 0.4) is 0 Å². The van der Waals surface area contributed by atoms with Crippen molar-refractivity contribution in [3.8, 4) is 0 Å². The average Bonchev–Trinajstić information content (AvgIpc) is 2.32. The van der Waals surface area contributed by atoms with Crippen molar-refractivity contribution in [3.63, 3.8) is 0 Å². The quantitative estimate of drug-likeness (QED) is 0.629. The fourth-order valence-corrected chi connectivity index (χ4v) is 2.77. The number of hydrogen-bond acceptors (Lipinski definition) is 2. The summed E-state index contributed by atoms with van der Waals surface area (Å²) in [5.74, 6) is 2.66. The summed E-state index contributed by atoms with van der Waals surface area (Å²) in [5, 5.41) is 4.04. The number of nitrogens with zero attached hydrogens (tertiary/aromatic N) is 2. The maximum absolute atomic E-state index is 4.79. The average molecular weight is 271 g/mol. The van der Waals surface area contributed by atoms with Gasteiger partial charge in [-0.05, 0) is 31.4 Å². The van der Waals surface area contributed by atoms with E-state index >= 15 is 0 Å². The smallest absolute Gasteiger partial charge is 0.193 e. The molecule has 1 saturated heterocycles. The minimum atomic E-state index is 0.596. The molecule has 0 aliphatic carbocycles. The van der Waals surface area contributed by atoms with Gasteiger partial charge in [0, 0.05) is 24.9 Å². The zero-order valence-electron chi connectivity index (χ0n) is 12.6. The van der Waals surface area contributed by atoms with Crippen LogP contribution in [0.5, 0.6) is 0 Å². The number of rotatable bonds is 4. The molecule has 106 valence electrons. The molecule has 0 saturated carbocycles. The molecule has 4 heteroatoms. The third-order valence-electron chi connectivity index (χ3n) is 3.40. The van der Waals surface area contributed by atoms with Crippen LogP contribution in [0.1, 0.15) is 34.1 Å². The van der Waals surface area contributed by atoms with Gasteiger partial charge in [0.2, 0.25) is 0 Å². The van der Waals surface area contributed by atoms with Crippen LogP contribution < -0.4 is 5.32 Å². The number of thioether (sulfide) groups is 1. The van der Waals surface area contributed by atoms with Gasteiger partial charge >= 0.3 is 0 Å². The van der Waals surface area contributed by atoms with Gasteiger partial charge in [0.15, 0.2) is 5.96 Å². The Kier molecular flexibility index (Phi) is 6.90. The first-order chi connectivity index (χ1) is 8.56. The van der Waals surface area contributed by atoms with Crippen molar-refractivity contribution in [2.45, 2.75) is 39.4 Å². The summed E-state index contributed by atoms with van der Waals surface area (Å²) in [4.78, 5) is 7.23. The fraction of sp³-hybridized carbons (Fsp3) is 0.929. The molecule has 3 atom stereocenters. The minimum absolute atomic E-state index is 0.596. The molecule has 1 N–H and O–H groups in total. The number of guanidine groups is 1. The molecule has 3 nitrogen and oxygen atoms in total. The van der Waals surface area contributed by atoms with Gasteiger partial charge in [-0.15, -0.1) is 0 Å². The predicted octanol–water partition coefficient (Wildman–Crippen LogP) is 2.68. The lowest BCUT2D eigenvalue weighted by Crippen LogP contribution is -2.48. The summed E-state index contributed by atoms with van der Waals surface area (Å²) < 4.78 is 0. The van der Waals surface area contributed by atoms with E-state index < -0.39 is 0 Å². The van der Waals surface area contributed by atoms with Crippen LogP contribution in [0.15, 0.2) is 4.99 Å². The van der Waals surface area contributed by atoms with Crippen LogP contribution in [0.2, 0.25) is 0 Å². The van der Waals surface area contributed by atoms with Crippen LogP contribution in [0.25, 0.3) is 0 Å². The van der Waals surface area contributed by atoms with E-state index in [2.05, 4.69) is 44.2 Å². The fourth-order valence-electron chi connectivity index (χ4n) is 2.55. The van der Waals surface area contributed by atoms with Crippen molar-refractivity contribution >= 4 is 17.7 Å². The van der Waals surface area contributed by atoms with E-state index in [-0.39, 0.29) is 0 Å². The third kappa shape index (κ3) is 5.09. The minimum Gasteiger partial charge on any atom is -0.357 e. The monoisotopic (exact) mass is 271 g/mol. The lowest BCUT2D eigenvalue weighted by atomic mass is 9.92. The van der Waals surface area contributed by atoms with Crippen LogP contribution in [-0.2, 0) is 0 Å². The summed E-state index contributed by atoms with van der Waals surface area (Å²) in [5.41, 5.74) is 0. The Labute approximate surface area is 117 Å². The zero-order chi connectivity index (χ0) is 13.5. The van der Waals surface area contributed by atoms with Gasteiger partial charge in [-0.25, -0.2) is 0 Å². The summed E-state index contributed by atoms with van der Waals surface area (Å²) >= 11 is 1.88. The van der Waals surface area contributed by atoms with Crippen LogP contribution >= 0.6 is 11.8 Å². The second-order valence-electron chi connectivity index (χ2n) is 5.59. The van der Waals surface area contributed by atoms with Crippen LogP contribution in [0.4, 0.5) is 0 Å². The van der Waals surface area contributed by atoms with Gasteiger partial charge < -0.3 is 10.2 Å². The Balaban J connectivity index is 2.64. The number of nitrogens with one attached hydrogen (secondary N) is 1. The van der Waals surface area contributed by atoms with E-state index in [0.717, 1.165) is 44.0 Å². The standard InChI is InChI=1S/C14H29N3S/c1-6-15-14(16-8-13(4)18-5)17-9-11(2)7-12(3)10-17/h11-13H,6-10H2,1-5H3,(H,15,16). The zero-order valence-corrected chi connectivity index (χ0v) is 13.4. The Morgan fingerprint density at radius 3 is 2.50 bits per heavy atom. The largest absolute Gasteiger partial charge is 0.357 e. The molecular weight excluding hydrogens is 242 g/mol. The van der Waals surface area contributed by atoms with E-state index in [9.17, 15) is 0 Å². The number of aliphatic imine (C=N–C) groups is 1. The molecule has 0 aromatic heterocycles. The van der Waals surface area contributed by atoms with Crippen LogP contribution in [-0.4, -0.2) is 48.5 Å². The highest BCUT2D eigenvalue weighted by atomic mass is 32.2. The molecule has 1 fully saturated rings. The van der Waals surface area contributed by atoms with E-state index in [1.165, 1.54) is 6.42 Å². The molecule has 1 aliphatic rings. The molecule has 1 rings (SSSR count). The van der Waals surface area contributed by atoms with Gasteiger partial charge in [-0.2, -0.15) is 11.8 Å². The Morgan fingerprint density at radius 2 is 2.00 bits per heavy atom. The number of piperidine rings is 1. The Bertz CT molecular complexity index is 258. The molecule has 1 aliphatic heterocycles. The van der Waals surface area contributed by atoms with Crippen molar-refractivity contribution in [1.29, 1.82) is 0 Å². The number of hydrogen-bond donors (Lipinski definition) is 1. The van der Waals surface area contributed by atoms with Crippen LogP contribution in [0, 0.1) is 11.8 Å². The highest BCUT2D eigenvalue weighted by Gasteiger charge is 2.23. The first kappa shape index (κ1) is 15.7. The summed E-state index contributed by atoms with van der Waals surface area (Å²) in [6.45, 7) is 13.2. The SMILES string of the molecule is CCNC(=NCC(C)SC)N1CC(C)CC(C)C1. The Hall–Kier alpha value is -0.380. The van der Waals surface area contributed by atoms with Gasteiger partial charge in [0.25, 0.3) is 0 Å². The van der Waals surface area contributed by atoms with E-state index in [1.807, 2.05) is 11.8 Å². The van der Waals surface area contributed by atoms with Crippen molar-refractivity contribution in [2.24, 2.45) is 16.8 Å². The molecular formula is C14H29N3S. The van der Waals surface area contributed by atoms with E-state index in [1.54, 1.807) is 0 Å². The molecule has 0 aromatic carbocycles. The molecule has 0 bridgehead atoms. The molecule has 0 amide bonds. The topological polar surface area (TPSA) is 27.6 Å². The molecule has 0 aromatic rings. The van der Waals surface area contributed by atoms with Crippen molar-refractivity contribution in [3.05, 3.63) is 0 Å². The molecule has 0 radical (unpaired) electrons. The first-order valence-electron chi connectivity index (χ1n) is 7.12. The summed E-state index contributed by atoms with van der Waals surface area (Å²) in [6.07, 6.45) is 3.50. The third-order valence-corrected chi connectivity index (χ3v) is 4.36. The highest BCUT2D eigenvalue weighted by molar-refractivity contribution is 7.99. The molecule has 3 unspecified atom stereocenters. The van der Waals surface area contributed by atoms with Crippen molar-refractivity contribution < 1.29 is 0 Å². The first-order valence-corrected chi connectivity index (χ1v) is 8.41. The second-order valence-corrected chi connectivity index (χ2v) is 6.87. The lowest BCUT2D eigenvalue weighted by Gasteiger charge is -2.37. The predicted molar refractivity (Wildman–Crippen MR) is 83.5 cm³/mol. The van der Waals surface area contributed by atoms with Crippen molar-refractivity contribution in [1.82, 2.24) is 10.2 Å². The van der Waals surface area contributed by atoms with Gasteiger partial charge in [0.05, 0.1) is 6.54 Å². The van der Waals surface area contributed by atoms with E-state index in [0.29, 0.717) is 5.25 Å². The summed E-state index contributed by atoms with van der Waals surface area (Å²) in [7, 11) is 0. The van der Waals surface area contributed by atoms with Gasteiger partial charge in [0.1, 0.15) is 0 Å². The van der Waals surface area contributed by atoms with Crippen molar-refractivity contribution in [2.75, 3.05) is 32.4 Å².